The first-order chi connectivity index (χ1) is 11.5. The summed E-state index contributed by atoms with van der Waals surface area (Å²) in [5.41, 5.74) is 0.384. The highest BCUT2D eigenvalue weighted by molar-refractivity contribution is 5.97. The molecule has 1 atom stereocenters. The predicted molar refractivity (Wildman–Crippen MR) is 92.8 cm³/mol. The molecule has 0 saturated heterocycles. The van der Waals surface area contributed by atoms with E-state index in [4.69, 9.17) is 4.74 Å². The quantitative estimate of drug-likeness (QED) is 0.777. The molecule has 1 fully saturated rings. The van der Waals surface area contributed by atoms with Crippen LogP contribution < -0.4 is 0 Å². The van der Waals surface area contributed by atoms with E-state index in [1.165, 1.54) is 32.1 Å². The second-order valence-corrected chi connectivity index (χ2v) is 7.37. The Bertz CT molecular complexity index is 619. The fourth-order valence-corrected chi connectivity index (χ4v) is 4.01. The van der Waals surface area contributed by atoms with Gasteiger partial charge in [-0.2, -0.15) is 0 Å². The number of rotatable bonds is 2. The maximum atomic E-state index is 13.1. The molecule has 0 aromatic heterocycles. The second kappa shape index (κ2) is 6.96. The van der Waals surface area contributed by atoms with Crippen molar-refractivity contribution in [3.8, 4) is 0 Å². The number of nitrogens with zero attached hydrogens (tertiary/aromatic N) is 1. The smallest absolute Gasteiger partial charge is 0.339 e. The van der Waals surface area contributed by atoms with E-state index < -0.39 is 11.6 Å². The Morgan fingerprint density at radius 1 is 1.12 bits per heavy atom. The van der Waals surface area contributed by atoms with Crippen molar-refractivity contribution in [3.63, 3.8) is 0 Å². The zero-order chi connectivity index (χ0) is 17.2. The molecular weight excluding hydrogens is 302 g/mol. The Labute approximate surface area is 144 Å². The van der Waals surface area contributed by atoms with Crippen LogP contribution in [-0.2, 0) is 16.0 Å². The lowest BCUT2D eigenvalue weighted by Gasteiger charge is -2.39. The monoisotopic (exact) mass is 329 g/mol. The molecule has 1 heterocycles. The molecule has 0 bridgehead atoms. The lowest BCUT2D eigenvalue weighted by atomic mass is 9.88. The van der Waals surface area contributed by atoms with Crippen molar-refractivity contribution in [1.82, 2.24) is 4.90 Å². The minimum Gasteiger partial charge on any atom is -0.445 e. The average molecular weight is 329 g/mol. The number of hydrogen-bond acceptors (Lipinski definition) is 3. The zero-order valence-corrected chi connectivity index (χ0v) is 14.7. The molecule has 4 nitrogen and oxygen atoms in total. The number of cyclic esters (lactones) is 1. The van der Waals surface area contributed by atoms with Gasteiger partial charge in [-0.3, -0.25) is 4.79 Å². The van der Waals surface area contributed by atoms with Crippen molar-refractivity contribution >= 4 is 11.9 Å². The van der Waals surface area contributed by atoms with Gasteiger partial charge in [0, 0.05) is 19.5 Å². The van der Waals surface area contributed by atoms with Crippen molar-refractivity contribution in [2.45, 2.75) is 69.9 Å². The number of benzene rings is 1. The summed E-state index contributed by atoms with van der Waals surface area (Å²) in [7, 11) is 1.87. The summed E-state index contributed by atoms with van der Waals surface area (Å²) < 4.78 is 5.60. The number of carbonyl (C=O) groups is 2. The van der Waals surface area contributed by atoms with E-state index in [9.17, 15) is 9.59 Å². The van der Waals surface area contributed by atoms with Gasteiger partial charge in [-0.15, -0.1) is 0 Å². The summed E-state index contributed by atoms with van der Waals surface area (Å²) in [6, 6.07) is 7.66. The number of esters is 1. The third-order valence-corrected chi connectivity index (χ3v) is 5.48. The normalized spacial score (nSPS) is 25.2. The summed E-state index contributed by atoms with van der Waals surface area (Å²) in [6.45, 7) is 1.75. The summed E-state index contributed by atoms with van der Waals surface area (Å²) in [4.78, 5) is 27.3. The Balaban J connectivity index is 1.77. The molecule has 1 amide bonds. The fourth-order valence-electron chi connectivity index (χ4n) is 4.01. The lowest BCUT2D eigenvalue weighted by Crippen LogP contribution is -2.54. The third-order valence-electron chi connectivity index (χ3n) is 5.48. The third kappa shape index (κ3) is 3.33. The molecule has 0 radical (unpaired) electrons. The molecule has 1 aromatic rings. The Morgan fingerprint density at radius 2 is 1.75 bits per heavy atom. The molecule has 0 spiro atoms. The standard InChI is InChI=1S/C20H27NO3/c1-20(14-15-10-8-9-13-17(15)18(22)24-20)19(23)21(2)16-11-6-4-3-5-7-12-16/h8-10,13,16H,3-7,11-12,14H2,1-2H3. The van der Waals surface area contributed by atoms with Gasteiger partial charge in [0.1, 0.15) is 0 Å². The van der Waals surface area contributed by atoms with E-state index in [0.717, 1.165) is 18.4 Å². The topological polar surface area (TPSA) is 46.6 Å². The molecule has 1 unspecified atom stereocenters. The first-order valence-electron chi connectivity index (χ1n) is 9.10. The fraction of sp³-hybridized carbons (Fsp3) is 0.600. The van der Waals surface area contributed by atoms with Crippen molar-refractivity contribution in [2.75, 3.05) is 7.05 Å². The van der Waals surface area contributed by atoms with Crippen LogP contribution in [0, 0.1) is 0 Å². The molecule has 4 heteroatoms. The van der Waals surface area contributed by atoms with Gasteiger partial charge in [0.05, 0.1) is 5.56 Å². The zero-order valence-electron chi connectivity index (χ0n) is 14.7. The predicted octanol–water partition coefficient (Wildman–Crippen LogP) is 3.73. The second-order valence-electron chi connectivity index (χ2n) is 7.37. The molecule has 1 aliphatic heterocycles. The van der Waals surface area contributed by atoms with Crippen molar-refractivity contribution < 1.29 is 14.3 Å². The minimum absolute atomic E-state index is 0.0732. The Morgan fingerprint density at radius 3 is 2.46 bits per heavy atom. The highest BCUT2D eigenvalue weighted by Gasteiger charge is 2.45. The number of hydrogen-bond donors (Lipinski definition) is 0. The van der Waals surface area contributed by atoms with Gasteiger partial charge in [0.15, 0.2) is 5.60 Å². The van der Waals surface area contributed by atoms with E-state index in [1.807, 2.05) is 30.1 Å². The van der Waals surface area contributed by atoms with Crippen LogP contribution >= 0.6 is 0 Å². The van der Waals surface area contributed by atoms with Crippen LogP contribution in [0.15, 0.2) is 24.3 Å². The largest absolute Gasteiger partial charge is 0.445 e. The van der Waals surface area contributed by atoms with Crippen molar-refractivity contribution in [1.29, 1.82) is 0 Å². The van der Waals surface area contributed by atoms with Gasteiger partial charge in [0.25, 0.3) is 5.91 Å². The average Bonchev–Trinajstić information content (AvgIpc) is 2.53. The van der Waals surface area contributed by atoms with Gasteiger partial charge in [-0.05, 0) is 31.4 Å². The van der Waals surface area contributed by atoms with Crippen molar-refractivity contribution in [2.24, 2.45) is 0 Å². The number of amides is 1. The van der Waals surface area contributed by atoms with Crippen LogP contribution in [0.25, 0.3) is 0 Å². The van der Waals surface area contributed by atoms with E-state index >= 15 is 0 Å². The molecule has 1 aliphatic carbocycles. The summed E-state index contributed by atoms with van der Waals surface area (Å²) in [5, 5.41) is 0. The number of fused-ring (bicyclic) bond motifs is 1. The van der Waals surface area contributed by atoms with Crippen LogP contribution in [0.3, 0.4) is 0 Å². The molecule has 2 aliphatic rings. The highest BCUT2D eigenvalue weighted by atomic mass is 16.6. The van der Waals surface area contributed by atoms with Crippen molar-refractivity contribution in [3.05, 3.63) is 35.4 Å². The van der Waals surface area contributed by atoms with Gasteiger partial charge in [0.2, 0.25) is 0 Å². The number of likely N-dealkylation sites (N-methyl/N-ethyl adjacent to an activating group) is 1. The van der Waals surface area contributed by atoms with Gasteiger partial charge >= 0.3 is 5.97 Å². The van der Waals surface area contributed by atoms with Gasteiger partial charge < -0.3 is 9.64 Å². The van der Waals surface area contributed by atoms with E-state index in [2.05, 4.69) is 0 Å². The number of ether oxygens (including phenoxy) is 1. The molecular formula is C20H27NO3. The SMILES string of the molecule is CN(C(=O)C1(C)Cc2ccccc2C(=O)O1)C1CCCCCCC1. The Kier molecular flexibility index (Phi) is 4.93. The molecule has 130 valence electrons. The Hall–Kier alpha value is -1.84. The molecule has 3 rings (SSSR count). The van der Waals surface area contributed by atoms with E-state index in [-0.39, 0.29) is 11.9 Å². The van der Waals surface area contributed by atoms with Crippen LogP contribution in [-0.4, -0.2) is 35.5 Å². The van der Waals surface area contributed by atoms with Gasteiger partial charge in [-0.1, -0.05) is 50.3 Å². The highest BCUT2D eigenvalue weighted by Crippen LogP contribution is 2.31. The van der Waals surface area contributed by atoms with Crippen LogP contribution in [0.5, 0.6) is 0 Å². The maximum Gasteiger partial charge on any atom is 0.339 e. The van der Waals surface area contributed by atoms with Crippen LogP contribution in [0.1, 0.15) is 67.8 Å². The summed E-state index contributed by atoms with van der Waals surface area (Å²) in [6.07, 6.45) is 8.67. The molecule has 24 heavy (non-hydrogen) atoms. The summed E-state index contributed by atoms with van der Waals surface area (Å²) in [5.74, 6) is -0.463. The van der Waals surface area contributed by atoms with Crippen LogP contribution in [0.2, 0.25) is 0 Å². The molecule has 1 saturated carbocycles. The maximum absolute atomic E-state index is 13.1. The lowest BCUT2D eigenvalue weighted by molar-refractivity contribution is -0.152. The first-order valence-corrected chi connectivity index (χ1v) is 9.10. The minimum atomic E-state index is -1.09. The molecule has 0 N–H and O–H groups in total. The van der Waals surface area contributed by atoms with Gasteiger partial charge in [-0.25, -0.2) is 4.79 Å². The first kappa shape index (κ1) is 17.0. The molecule has 1 aromatic carbocycles. The number of carbonyl (C=O) groups excluding carboxylic acids is 2. The van der Waals surface area contributed by atoms with Crippen LogP contribution in [0.4, 0.5) is 0 Å². The van der Waals surface area contributed by atoms with E-state index in [1.54, 1.807) is 13.0 Å². The summed E-state index contributed by atoms with van der Waals surface area (Å²) >= 11 is 0. The van der Waals surface area contributed by atoms with E-state index in [0.29, 0.717) is 12.0 Å².